The number of hydrogen-bond acceptors (Lipinski definition) is 4. The molecule has 7 heteroatoms. The van der Waals surface area contributed by atoms with Crippen molar-refractivity contribution in [2.45, 2.75) is 25.3 Å². The van der Waals surface area contributed by atoms with Gasteiger partial charge in [0.2, 0.25) is 0 Å². The Morgan fingerprint density at radius 3 is 2.61 bits per heavy atom. The lowest BCUT2D eigenvalue weighted by Gasteiger charge is -2.34. The Hall–Kier alpha value is -0.210. The first-order valence-corrected chi connectivity index (χ1v) is 7.98. The highest BCUT2D eigenvalue weighted by molar-refractivity contribution is 7.86. The second kappa shape index (κ2) is 5.83. The van der Waals surface area contributed by atoms with Crippen molar-refractivity contribution in [1.29, 1.82) is 0 Å². The Balaban J connectivity index is 2.08. The Labute approximate surface area is 109 Å². The van der Waals surface area contributed by atoms with Crippen LogP contribution in [0, 0.1) is 5.92 Å². The van der Waals surface area contributed by atoms with Crippen molar-refractivity contribution < 1.29 is 13.2 Å². The van der Waals surface area contributed by atoms with E-state index in [0.29, 0.717) is 38.8 Å². The van der Waals surface area contributed by atoms with Crippen LogP contribution in [0.4, 0.5) is 0 Å². The fraction of sp³-hybridized carbons (Fsp3) is 1.00. The molecule has 1 aliphatic carbocycles. The van der Waals surface area contributed by atoms with E-state index >= 15 is 0 Å². The zero-order valence-electron chi connectivity index (χ0n) is 10.9. The van der Waals surface area contributed by atoms with Crippen LogP contribution in [-0.2, 0) is 14.9 Å². The monoisotopic (exact) mass is 277 g/mol. The van der Waals surface area contributed by atoms with E-state index in [0.717, 1.165) is 19.3 Å². The summed E-state index contributed by atoms with van der Waals surface area (Å²) in [4.78, 5) is 0. The molecule has 106 valence electrons. The number of hydrogen-bond donors (Lipinski definition) is 1. The van der Waals surface area contributed by atoms with Gasteiger partial charge >= 0.3 is 0 Å². The summed E-state index contributed by atoms with van der Waals surface area (Å²) >= 11 is 0. The Morgan fingerprint density at radius 1 is 1.33 bits per heavy atom. The molecule has 2 N–H and O–H groups in total. The fourth-order valence-electron chi connectivity index (χ4n) is 2.90. The highest BCUT2D eigenvalue weighted by atomic mass is 32.2. The SMILES string of the molecule is CN(C1CCCC1CN)S(=O)(=O)N1CCOCC1. The predicted octanol–water partition coefficient (Wildman–Crippen LogP) is -0.377. The maximum absolute atomic E-state index is 12.5. The molecule has 0 radical (unpaired) electrons. The number of ether oxygens (including phenoxy) is 1. The normalized spacial score (nSPS) is 31.1. The summed E-state index contributed by atoms with van der Waals surface area (Å²) in [6.07, 6.45) is 3.02. The van der Waals surface area contributed by atoms with Crippen LogP contribution in [0.5, 0.6) is 0 Å². The highest BCUT2D eigenvalue weighted by Gasteiger charge is 2.38. The molecule has 0 amide bonds. The quantitative estimate of drug-likeness (QED) is 0.760. The molecule has 2 atom stereocenters. The molecule has 0 aromatic heterocycles. The van der Waals surface area contributed by atoms with Gasteiger partial charge in [-0.25, -0.2) is 0 Å². The van der Waals surface area contributed by atoms with Gasteiger partial charge in [-0.3, -0.25) is 0 Å². The number of nitrogens with two attached hydrogens (primary N) is 1. The average molecular weight is 277 g/mol. The van der Waals surface area contributed by atoms with Gasteiger partial charge in [0.05, 0.1) is 13.2 Å². The van der Waals surface area contributed by atoms with Crippen molar-refractivity contribution in [1.82, 2.24) is 8.61 Å². The van der Waals surface area contributed by atoms with Gasteiger partial charge in [0, 0.05) is 26.2 Å². The standard InChI is InChI=1S/C11H23N3O3S/c1-13(11-4-2-3-10(11)9-12)18(15,16)14-5-7-17-8-6-14/h10-11H,2-9,12H2,1H3. The molecule has 2 unspecified atom stereocenters. The van der Waals surface area contributed by atoms with Gasteiger partial charge in [-0.05, 0) is 25.3 Å². The van der Waals surface area contributed by atoms with Crippen LogP contribution in [0.2, 0.25) is 0 Å². The van der Waals surface area contributed by atoms with E-state index in [1.54, 1.807) is 7.05 Å². The predicted molar refractivity (Wildman–Crippen MR) is 69.3 cm³/mol. The minimum Gasteiger partial charge on any atom is -0.379 e. The third-order valence-electron chi connectivity index (χ3n) is 4.05. The van der Waals surface area contributed by atoms with Crippen LogP contribution in [0.25, 0.3) is 0 Å². The van der Waals surface area contributed by atoms with Gasteiger partial charge < -0.3 is 10.5 Å². The van der Waals surface area contributed by atoms with Crippen LogP contribution < -0.4 is 5.73 Å². The Morgan fingerprint density at radius 2 is 2.00 bits per heavy atom. The van der Waals surface area contributed by atoms with E-state index in [2.05, 4.69) is 0 Å². The van der Waals surface area contributed by atoms with Crippen molar-refractivity contribution in [2.24, 2.45) is 11.7 Å². The van der Waals surface area contributed by atoms with E-state index < -0.39 is 10.2 Å². The zero-order chi connectivity index (χ0) is 13.2. The van der Waals surface area contributed by atoms with E-state index in [1.807, 2.05) is 0 Å². The third-order valence-corrected chi connectivity index (χ3v) is 6.07. The molecule has 1 saturated heterocycles. The van der Waals surface area contributed by atoms with Crippen LogP contribution in [-0.4, -0.2) is 63.0 Å². The van der Waals surface area contributed by atoms with Gasteiger partial charge in [-0.1, -0.05) is 6.42 Å². The second-order valence-corrected chi connectivity index (χ2v) is 7.02. The van der Waals surface area contributed by atoms with Crippen LogP contribution in [0.3, 0.4) is 0 Å². The van der Waals surface area contributed by atoms with Gasteiger partial charge in [0.25, 0.3) is 10.2 Å². The van der Waals surface area contributed by atoms with E-state index in [-0.39, 0.29) is 6.04 Å². The molecule has 2 fully saturated rings. The largest absolute Gasteiger partial charge is 0.379 e. The van der Waals surface area contributed by atoms with Crippen molar-refractivity contribution in [3.63, 3.8) is 0 Å². The third kappa shape index (κ3) is 2.70. The molecule has 0 spiro atoms. The molecule has 0 aromatic rings. The summed E-state index contributed by atoms with van der Waals surface area (Å²) < 4.78 is 33.2. The molecular formula is C11H23N3O3S. The number of nitrogens with zero attached hydrogens (tertiary/aromatic N) is 2. The lowest BCUT2D eigenvalue weighted by atomic mass is 10.0. The highest BCUT2D eigenvalue weighted by Crippen LogP contribution is 2.30. The van der Waals surface area contributed by atoms with Crippen molar-refractivity contribution in [2.75, 3.05) is 39.9 Å². The van der Waals surface area contributed by atoms with Gasteiger partial charge in [0.1, 0.15) is 0 Å². The molecule has 6 nitrogen and oxygen atoms in total. The number of rotatable bonds is 4. The fourth-order valence-corrected chi connectivity index (χ4v) is 4.50. The molecule has 1 heterocycles. The summed E-state index contributed by atoms with van der Waals surface area (Å²) in [6.45, 7) is 2.43. The number of morpholine rings is 1. The molecule has 0 aromatic carbocycles. The maximum Gasteiger partial charge on any atom is 0.282 e. The van der Waals surface area contributed by atoms with Crippen molar-refractivity contribution >= 4 is 10.2 Å². The maximum atomic E-state index is 12.5. The van der Waals surface area contributed by atoms with Crippen molar-refractivity contribution in [3.05, 3.63) is 0 Å². The summed E-state index contributed by atoms with van der Waals surface area (Å²) in [6, 6.07) is 0.0582. The molecule has 18 heavy (non-hydrogen) atoms. The summed E-state index contributed by atoms with van der Waals surface area (Å²) in [5, 5.41) is 0. The minimum atomic E-state index is -3.36. The molecule has 1 saturated carbocycles. The molecule has 0 bridgehead atoms. The molecular weight excluding hydrogens is 254 g/mol. The zero-order valence-corrected chi connectivity index (χ0v) is 11.7. The first-order chi connectivity index (χ1) is 8.57. The first kappa shape index (κ1) is 14.2. The summed E-state index contributed by atoms with van der Waals surface area (Å²) in [7, 11) is -1.67. The smallest absolute Gasteiger partial charge is 0.282 e. The summed E-state index contributed by atoms with van der Waals surface area (Å²) in [5.41, 5.74) is 5.73. The first-order valence-electron chi connectivity index (χ1n) is 6.58. The van der Waals surface area contributed by atoms with E-state index in [1.165, 1.54) is 8.61 Å². The Bertz CT molecular complexity index is 368. The van der Waals surface area contributed by atoms with Crippen LogP contribution >= 0.6 is 0 Å². The Kier molecular flexibility index (Phi) is 4.60. The van der Waals surface area contributed by atoms with Gasteiger partial charge in [-0.2, -0.15) is 17.0 Å². The minimum absolute atomic E-state index is 0.0582. The van der Waals surface area contributed by atoms with Gasteiger partial charge in [0.15, 0.2) is 0 Å². The van der Waals surface area contributed by atoms with Gasteiger partial charge in [-0.15, -0.1) is 0 Å². The van der Waals surface area contributed by atoms with Crippen LogP contribution in [0.15, 0.2) is 0 Å². The molecule has 1 aliphatic heterocycles. The second-order valence-electron chi connectivity index (χ2n) is 5.03. The van der Waals surface area contributed by atoms with Crippen LogP contribution in [0.1, 0.15) is 19.3 Å². The molecule has 2 aliphatic rings. The topological polar surface area (TPSA) is 75.9 Å². The van der Waals surface area contributed by atoms with E-state index in [9.17, 15) is 8.42 Å². The van der Waals surface area contributed by atoms with E-state index in [4.69, 9.17) is 10.5 Å². The lowest BCUT2D eigenvalue weighted by molar-refractivity contribution is 0.0694. The lowest BCUT2D eigenvalue weighted by Crippen LogP contribution is -2.51. The summed E-state index contributed by atoms with van der Waals surface area (Å²) in [5.74, 6) is 0.297. The molecule has 2 rings (SSSR count). The average Bonchev–Trinajstić information content (AvgIpc) is 2.87. The van der Waals surface area contributed by atoms with Crippen molar-refractivity contribution in [3.8, 4) is 0 Å².